The summed E-state index contributed by atoms with van der Waals surface area (Å²) in [5, 5.41) is 0. The van der Waals surface area contributed by atoms with Crippen molar-refractivity contribution in [1.82, 2.24) is 0 Å². The lowest BCUT2D eigenvalue weighted by Crippen LogP contribution is -1.69. The molecular weight excluding hydrogens is 144 g/mol. The van der Waals surface area contributed by atoms with E-state index in [0.29, 0.717) is 0 Å². The molecule has 0 atom stereocenters. The SMILES string of the molecule is CCCCCC=CC=CCl. The minimum Gasteiger partial charge on any atom is -0.0930 e. The molecule has 0 rings (SSSR count). The van der Waals surface area contributed by atoms with E-state index in [2.05, 4.69) is 13.0 Å². The van der Waals surface area contributed by atoms with Gasteiger partial charge < -0.3 is 0 Å². The maximum absolute atomic E-state index is 5.31. The number of hydrogen-bond acceptors (Lipinski definition) is 0. The van der Waals surface area contributed by atoms with E-state index in [9.17, 15) is 0 Å². The summed E-state index contributed by atoms with van der Waals surface area (Å²) < 4.78 is 0. The summed E-state index contributed by atoms with van der Waals surface area (Å²) in [5.74, 6) is 0. The Kier molecular flexibility index (Phi) is 8.57. The van der Waals surface area contributed by atoms with E-state index >= 15 is 0 Å². The van der Waals surface area contributed by atoms with Crippen LogP contribution in [0.25, 0.3) is 0 Å². The molecule has 0 radical (unpaired) electrons. The normalized spacial score (nSPS) is 11.8. The van der Waals surface area contributed by atoms with Crippen LogP contribution in [0.15, 0.2) is 23.8 Å². The zero-order valence-corrected chi connectivity index (χ0v) is 7.27. The first-order valence-corrected chi connectivity index (χ1v) is 4.27. The Morgan fingerprint density at radius 3 is 2.60 bits per heavy atom. The monoisotopic (exact) mass is 158 g/mol. The first-order chi connectivity index (χ1) is 4.91. The van der Waals surface area contributed by atoms with Crippen LogP contribution in [-0.4, -0.2) is 0 Å². The topological polar surface area (TPSA) is 0 Å². The molecule has 58 valence electrons. The van der Waals surface area contributed by atoms with E-state index in [1.165, 1.54) is 31.2 Å². The van der Waals surface area contributed by atoms with Gasteiger partial charge in [-0.3, -0.25) is 0 Å². The van der Waals surface area contributed by atoms with Gasteiger partial charge in [0.1, 0.15) is 0 Å². The third-order valence-electron chi connectivity index (χ3n) is 1.29. The van der Waals surface area contributed by atoms with Gasteiger partial charge in [-0.15, -0.1) is 0 Å². The predicted octanol–water partition coefficient (Wildman–Crippen LogP) is 3.88. The molecule has 0 aromatic carbocycles. The highest BCUT2D eigenvalue weighted by molar-refractivity contribution is 6.25. The molecule has 0 aliphatic rings. The van der Waals surface area contributed by atoms with E-state index < -0.39 is 0 Å². The van der Waals surface area contributed by atoms with Crippen LogP contribution in [0.1, 0.15) is 32.6 Å². The van der Waals surface area contributed by atoms with Crippen LogP contribution in [0, 0.1) is 0 Å². The molecule has 0 aliphatic heterocycles. The van der Waals surface area contributed by atoms with E-state index in [4.69, 9.17) is 11.6 Å². The fourth-order valence-corrected chi connectivity index (χ4v) is 0.813. The van der Waals surface area contributed by atoms with Crippen molar-refractivity contribution in [3.8, 4) is 0 Å². The van der Waals surface area contributed by atoms with Crippen LogP contribution in [0.2, 0.25) is 0 Å². The number of allylic oxidation sites excluding steroid dienone is 3. The second kappa shape index (κ2) is 8.77. The number of halogens is 1. The van der Waals surface area contributed by atoms with Gasteiger partial charge in [0.05, 0.1) is 0 Å². The summed E-state index contributed by atoms with van der Waals surface area (Å²) in [4.78, 5) is 0. The second-order valence-electron chi connectivity index (χ2n) is 2.24. The summed E-state index contributed by atoms with van der Waals surface area (Å²) in [6.07, 6.45) is 11.1. The molecule has 0 aliphatic carbocycles. The van der Waals surface area contributed by atoms with Gasteiger partial charge in [-0.05, 0) is 12.8 Å². The van der Waals surface area contributed by atoms with Crippen LogP contribution in [0.3, 0.4) is 0 Å². The Morgan fingerprint density at radius 1 is 1.20 bits per heavy atom. The van der Waals surface area contributed by atoms with Gasteiger partial charge in [-0.2, -0.15) is 0 Å². The highest BCUT2D eigenvalue weighted by Gasteiger charge is 1.79. The van der Waals surface area contributed by atoms with Crippen molar-refractivity contribution in [3.05, 3.63) is 23.8 Å². The summed E-state index contributed by atoms with van der Waals surface area (Å²) in [7, 11) is 0. The first kappa shape index (κ1) is 9.77. The average molecular weight is 159 g/mol. The van der Waals surface area contributed by atoms with E-state index in [-0.39, 0.29) is 0 Å². The van der Waals surface area contributed by atoms with Crippen LogP contribution in [0.5, 0.6) is 0 Å². The highest BCUT2D eigenvalue weighted by atomic mass is 35.5. The molecule has 0 amide bonds. The van der Waals surface area contributed by atoms with Gasteiger partial charge >= 0.3 is 0 Å². The maximum Gasteiger partial charge on any atom is 0.00423 e. The van der Waals surface area contributed by atoms with Gasteiger partial charge in [-0.1, -0.05) is 49.6 Å². The van der Waals surface area contributed by atoms with Crippen molar-refractivity contribution in [2.24, 2.45) is 0 Å². The molecule has 0 heterocycles. The van der Waals surface area contributed by atoms with Crippen molar-refractivity contribution < 1.29 is 0 Å². The zero-order valence-electron chi connectivity index (χ0n) is 6.52. The molecule has 0 bridgehead atoms. The first-order valence-electron chi connectivity index (χ1n) is 3.83. The number of unbranched alkanes of at least 4 members (excludes halogenated alkanes) is 3. The maximum atomic E-state index is 5.31. The third kappa shape index (κ3) is 7.77. The van der Waals surface area contributed by atoms with Gasteiger partial charge in [-0.25, -0.2) is 0 Å². The van der Waals surface area contributed by atoms with E-state index in [1.54, 1.807) is 0 Å². The van der Waals surface area contributed by atoms with Crippen molar-refractivity contribution in [2.45, 2.75) is 32.6 Å². The smallest absolute Gasteiger partial charge is 0.00423 e. The highest BCUT2D eigenvalue weighted by Crippen LogP contribution is 1.99. The van der Waals surface area contributed by atoms with Gasteiger partial charge in [0, 0.05) is 5.54 Å². The molecule has 10 heavy (non-hydrogen) atoms. The van der Waals surface area contributed by atoms with E-state index in [0.717, 1.165) is 0 Å². The summed E-state index contributed by atoms with van der Waals surface area (Å²) >= 11 is 5.31. The van der Waals surface area contributed by atoms with Crippen LogP contribution < -0.4 is 0 Å². The Morgan fingerprint density at radius 2 is 2.00 bits per heavy atom. The largest absolute Gasteiger partial charge is 0.0930 e. The Hall–Kier alpha value is -0.230. The third-order valence-corrected chi connectivity index (χ3v) is 1.44. The number of hydrogen-bond donors (Lipinski definition) is 0. The van der Waals surface area contributed by atoms with Crippen LogP contribution in [-0.2, 0) is 0 Å². The average Bonchev–Trinajstić information content (AvgIpc) is 1.97. The second-order valence-corrected chi connectivity index (χ2v) is 2.49. The molecule has 0 fully saturated rings. The lowest BCUT2D eigenvalue weighted by atomic mass is 10.2. The van der Waals surface area contributed by atoms with Crippen LogP contribution in [0.4, 0.5) is 0 Å². The molecule has 0 nitrogen and oxygen atoms in total. The fourth-order valence-electron chi connectivity index (χ4n) is 0.729. The van der Waals surface area contributed by atoms with E-state index in [1.807, 2.05) is 12.2 Å². The van der Waals surface area contributed by atoms with Crippen molar-refractivity contribution in [2.75, 3.05) is 0 Å². The van der Waals surface area contributed by atoms with Gasteiger partial charge in [0.25, 0.3) is 0 Å². The van der Waals surface area contributed by atoms with Crippen molar-refractivity contribution in [3.63, 3.8) is 0 Å². The van der Waals surface area contributed by atoms with Gasteiger partial charge in [0.2, 0.25) is 0 Å². The minimum atomic E-state index is 1.18. The number of rotatable bonds is 5. The zero-order chi connectivity index (χ0) is 7.66. The summed E-state index contributed by atoms with van der Waals surface area (Å²) in [6, 6.07) is 0. The lowest BCUT2D eigenvalue weighted by molar-refractivity contribution is 0.729. The summed E-state index contributed by atoms with van der Waals surface area (Å²) in [5.41, 5.74) is 1.52. The molecule has 0 saturated carbocycles. The minimum absolute atomic E-state index is 1.18. The van der Waals surface area contributed by atoms with Crippen molar-refractivity contribution >= 4 is 11.6 Å². The quantitative estimate of drug-likeness (QED) is 0.421. The molecule has 0 aromatic rings. The molecule has 0 N–H and O–H groups in total. The Balaban J connectivity index is 3.02. The van der Waals surface area contributed by atoms with Gasteiger partial charge in [0.15, 0.2) is 0 Å². The van der Waals surface area contributed by atoms with Crippen LogP contribution >= 0.6 is 11.6 Å². The molecule has 0 unspecified atom stereocenters. The Bertz CT molecular complexity index is 103. The summed E-state index contributed by atoms with van der Waals surface area (Å²) in [6.45, 7) is 2.21. The Labute approximate surface area is 68.6 Å². The fraction of sp³-hybridized carbons (Fsp3) is 0.556. The molecular formula is C9H15Cl. The molecule has 1 heteroatoms. The molecule has 0 aromatic heterocycles. The molecule has 0 spiro atoms. The predicted molar refractivity (Wildman–Crippen MR) is 48.3 cm³/mol. The van der Waals surface area contributed by atoms with Crippen molar-refractivity contribution in [1.29, 1.82) is 0 Å². The molecule has 0 saturated heterocycles. The standard InChI is InChI=1S/C9H15Cl/c1-2-3-4-5-6-7-8-9-10/h6-9H,2-5H2,1H3. The lowest BCUT2D eigenvalue weighted by Gasteiger charge is -1.89.